The van der Waals surface area contributed by atoms with E-state index in [0.717, 1.165) is 36.6 Å². The molecule has 3 heterocycles. The number of hydrogen-bond donors (Lipinski definition) is 0. The van der Waals surface area contributed by atoms with Gasteiger partial charge in [-0.05, 0) is 26.3 Å². The largest absolute Gasteiger partial charge is 0.493 e. The first-order valence-electron chi connectivity index (χ1n) is 9.63. The van der Waals surface area contributed by atoms with Gasteiger partial charge in [-0.25, -0.2) is 0 Å². The number of para-hydroxylation sites is 1. The van der Waals surface area contributed by atoms with Gasteiger partial charge in [-0.15, -0.1) is 0 Å². The van der Waals surface area contributed by atoms with Crippen molar-refractivity contribution in [3.63, 3.8) is 0 Å². The molecule has 0 N–H and O–H groups in total. The zero-order valence-corrected chi connectivity index (χ0v) is 16.6. The van der Waals surface area contributed by atoms with Crippen molar-refractivity contribution in [1.29, 1.82) is 0 Å². The predicted octanol–water partition coefficient (Wildman–Crippen LogP) is 2.81. The Bertz CT molecular complexity index is 725. The molecule has 2 saturated heterocycles. The van der Waals surface area contributed by atoms with Crippen molar-refractivity contribution in [3.05, 3.63) is 23.8 Å². The summed E-state index contributed by atoms with van der Waals surface area (Å²) < 4.78 is 23.3. The van der Waals surface area contributed by atoms with E-state index in [9.17, 15) is 4.79 Å². The minimum Gasteiger partial charge on any atom is -0.493 e. The number of rotatable bonds is 4. The molecule has 3 aliphatic rings. The Morgan fingerprint density at radius 3 is 2.78 bits per heavy atom. The van der Waals surface area contributed by atoms with Gasteiger partial charge in [0.15, 0.2) is 11.5 Å². The van der Waals surface area contributed by atoms with Crippen LogP contribution >= 0.6 is 0 Å². The Morgan fingerprint density at radius 1 is 1.30 bits per heavy atom. The van der Waals surface area contributed by atoms with Crippen LogP contribution in [0.5, 0.6) is 11.5 Å². The van der Waals surface area contributed by atoms with Crippen LogP contribution in [0.15, 0.2) is 18.2 Å². The van der Waals surface area contributed by atoms with Gasteiger partial charge in [0.1, 0.15) is 5.60 Å². The lowest BCUT2D eigenvalue weighted by atomic mass is 9.64. The van der Waals surface area contributed by atoms with Crippen molar-refractivity contribution in [2.75, 3.05) is 40.5 Å². The van der Waals surface area contributed by atoms with Crippen molar-refractivity contribution >= 4 is 5.91 Å². The molecule has 3 aliphatic heterocycles. The van der Waals surface area contributed by atoms with E-state index in [1.807, 2.05) is 17.0 Å². The molecule has 0 saturated carbocycles. The number of nitrogens with zero attached hydrogens (tertiary/aromatic N) is 1. The summed E-state index contributed by atoms with van der Waals surface area (Å²) in [5, 5.41) is 0. The molecule has 1 aromatic rings. The van der Waals surface area contributed by atoms with E-state index in [1.54, 1.807) is 14.2 Å². The Balaban J connectivity index is 1.51. The van der Waals surface area contributed by atoms with Crippen LogP contribution in [0.25, 0.3) is 0 Å². The van der Waals surface area contributed by atoms with Crippen LogP contribution in [-0.2, 0) is 14.3 Å². The fourth-order valence-corrected chi connectivity index (χ4v) is 4.81. The third-order valence-electron chi connectivity index (χ3n) is 6.31. The molecule has 2 atom stereocenters. The van der Waals surface area contributed by atoms with Crippen LogP contribution < -0.4 is 9.47 Å². The van der Waals surface area contributed by atoms with E-state index in [4.69, 9.17) is 18.9 Å². The van der Waals surface area contributed by atoms with Gasteiger partial charge in [0.25, 0.3) is 0 Å². The summed E-state index contributed by atoms with van der Waals surface area (Å²) in [6.07, 6.45) is 1.44. The standard InChI is InChI=1S/C21H29NO5/c1-20(2)15-10-21(11-22(12-21)17(23)8-9-24-3)13-26-18(15)14-6-5-7-16(25-4)19(14)27-20/h5-7,15,18H,8-13H2,1-4H3/t15-,18+/m0/s1. The average Bonchev–Trinajstić information content (AvgIpc) is 2.63. The molecule has 1 amide bonds. The smallest absolute Gasteiger partial charge is 0.224 e. The minimum absolute atomic E-state index is 0.00252. The normalized spacial score (nSPS) is 27.2. The molecule has 6 nitrogen and oxygen atoms in total. The van der Waals surface area contributed by atoms with Gasteiger partial charge in [-0.3, -0.25) is 4.79 Å². The molecule has 0 aliphatic carbocycles. The van der Waals surface area contributed by atoms with Crippen LogP contribution in [0, 0.1) is 11.3 Å². The highest BCUT2D eigenvalue weighted by atomic mass is 16.5. The van der Waals surface area contributed by atoms with Crippen molar-refractivity contribution in [1.82, 2.24) is 4.90 Å². The highest BCUT2D eigenvalue weighted by Crippen LogP contribution is 2.56. The fraction of sp³-hybridized carbons (Fsp3) is 0.667. The molecule has 0 unspecified atom stereocenters. The second kappa shape index (κ2) is 6.67. The third kappa shape index (κ3) is 3.09. The maximum Gasteiger partial charge on any atom is 0.224 e. The number of hydrogen-bond acceptors (Lipinski definition) is 5. The molecule has 1 aromatic carbocycles. The molecule has 148 valence electrons. The summed E-state index contributed by atoms with van der Waals surface area (Å²) in [7, 11) is 3.29. The molecule has 6 heteroatoms. The molecule has 2 fully saturated rings. The number of carbonyl (C=O) groups excluding carboxylic acids is 1. The maximum atomic E-state index is 12.2. The summed E-state index contributed by atoms with van der Waals surface area (Å²) in [4.78, 5) is 14.1. The molecular formula is C21H29NO5. The highest BCUT2D eigenvalue weighted by molar-refractivity contribution is 5.77. The number of methoxy groups -OCH3 is 2. The molecule has 0 radical (unpaired) electrons. The quantitative estimate of drug-likeness (QED) is 0.810. The summed E-state index contributed by atoms with van der Waals surface area (Å²) in [6, 6.07) is 5.99. The Morgan fingerprint density at radius 2 is 2.07 bits per heavy atom. The van der Waals surface area contributed by atoms with E-state index < -0.39 is 0 Å². The first-order valence-corrected chi connectivity index (χ1v) is 9.63. The lowest BCUT2D eigenvalue weighted by Gasteiger charge is -2.58. The van der Waals surface area contributed by atoms with Crippen LogP contribution in [0.2, 0.25) is 0 Å². The SMILES string of the molecule is COCCC(=O)N1CC2(CO[C@@H]3c4cccc(OC)c4OC(C)(C)[C@H]3C2)C1. The van der Waals surface area contributed by atoms with Gasteiger partial charge in [0.05, 0.1) is 32.8 Å². The third-order valence-corrected chi connectivity index (χ3v) is 6.31. The lowest BCUT2D eigenvalue weighted by Crippen LogP contribution is -2.65. The predicted molar refractivity (Wildman–Crippen MR) is 100 cm³/mol. The van der Waals surface area contributed by atoms with Crippen molar-refractivity contribution in [2.45, 2.75) is 38.4 Å². The van der Waals surface area contributed by atoms with Gasteiger partial charge < -0.3 is 23.8 Å². The number of amides is 1. The molecule has 0 bridgehead atoms. The molecule has 0 aromatic heterocycles. The second-order valence-corrected chi connectivity index (χ2v) is 8.62. The van der Waals surface area contributed by atoms with Crippen LogP contribution in [0.3, 0.4) is 0 Å². The number of ether oxygens (including phenoxy) is 4. The summed E-state index contributed by atoms with van der Waals surface area (Å²) in [5.74, 6) is 1.95. The van der Waals surface area contributed by atoms with Gasteiger partial charge in [0.2, 0.25) is 5.91 Å². The number of carbonyl (C=O) groups is 1. The number of fused-ring (bicyclic) bond motifs is 3. The van der Waals surface area contributed by atoms with Gasteiger partial charge in [-0.1, -0.05) is 12.1 Å². The second-order valence-electron chi connectivity index (χ2n) is 8.62. The van der Waals surface area contributed by atoms with E-state index >= 15 is 0 Å². The zero-order chi connectivity index (χ0) is 19.2. The monoisotopic (exact) mass is 375 g/mol. The molecule has 27 heavy (non-hydrogen) atoms. The van der Waals surface area contributed by atoms with Crippen molar-refractivity contribution in [2.24, 2.45) is 11.3 Å². The first-order chi connectivity index (χ1) is 12.9. The highest BCUT2D eigenvalue weighted by Gasteiger charge is 2.56. The fourth-order valence-electron chi connectivity index (χ4n) is 4.81. The Labute approximate surface area is 160 Å². The van der Waals surface area contributed by atoms with Gasteiger partial charge in [0, 0.05) is 37.1 Å². The van der Waals surface area contributed by atoms with E-state index in [0.29, 0.717) is 19.6 Å². The van der Waals surface area contributed by atoms with E-state index in [2.05, 4.69) is 19.9 Å². The lowest BCUT2D eigenvalue weighted by molar-refractivity contribution is -0.201. The van der Waals surface area contributed by atoms with Crippen LogP contribution in [0.4, 0.5) is 0 Å². The molecule has 1 spiro atoms. The Kier molecular flexibility index (Phi) is 4.59. The summed E-state index contributed by atoms with van der Waals surface area (Å²) in [5.41, 5.74) is 0.752. The number of benzene rings is 1. The topological polar surface area (TPSA) is 57.2 Å². The average molecular weight is 375 g/mol. The maximum absolute atomic E-state index is 12.2. The van der Waals surface area contributed by atoms with E-state index in [-0.39, 0.29) is 28.9 Å². The molecule has 4 rings (SSSR count). The first kappa shape index (κ1) is 18.6. The van der Waals surface area contributed by atoms with Crippen LogP contribution in [0.1, 0.15) is 38.4 Å². The summed E-state index contributed by atoms with van der Waals surface area (Å²) >= 11 is 0. The van der Waals surface area contributed by atoms with Crippen molar-refractivity contribution < 1.29 is 23.7 Å². The number of likely N-dealkylation sites (tertiary alicyclic amines) is 1. The molecular weight excluding hydrogens is 346 g/mol. The van der Waals surface area contributed by atoms with Gasteiger partial charge in [-0.2, -0.15) is 0 Å². The van der Waals surface area contributed by atoms with E-state index in [1.165, 1.54) is 0 Å². The Hall–Kier alpha value is -1.79. The van der Waals surface area contributed by atoms with Gasteiger partial charge >= 0.3 is 0 Å². The summed E-state index contributed by atoms with van der Waals surface area (Å²) in [6.45, 7) is 6.93. The minimum atomic E-state index is -0.361. The zero-order valence-electron chi connectivity index (χ0n) is 16.6. The van der Waals surface area contributed by atoms with Crippen molar-refractivity contribution in [3.8, 4) is 11.5 Å². The van der Waals surface area contributed by atoms with Crippen LogP contribution in [-0.4, -0.2) is 56.9 Å².